The van der Waals surface area contributed by atoms with Crippen molar-refractivity contribution in [2.24, 2.45) is 17.0 Å². The zero-order valence-corrected chi connectivity index (χ0v) is 12.0. The first-order chi connectivity index (χ1) is 9.54. The Morgan fingerprint density at radius 3 is 2.35 bits per heavy atom. The zero-order chi connectivity index (χ0) is 14.4. The van der Waals surface area contributed by atoms with Crippen molar-refractivity contribution in [1.82, 2.24) is 0 Å². The van der Waals surface area contributed by atoms with Gasteiger partial charge in [0.05, 0.1) is 5.71 Å². The molecule has 0 amide bonds. The first-order valence-electron chi connectivity index (χ1n) is 6.35. The third-order valence-corrected chi connectivity index (χ3v) is 4.97. The minimum Gasteiger partial charge on any atom is -0.503 e. The van der Waals surface area contributed by atoms with E-state index in [-0.39, 0.29) is 11.8 Å². The van der Waals surface area contributed by atoms with Gasteiger partial charge in [-0.1, -0.05) is 11.6 Å². The molecular formula is C14H12BrF2NO2. The van der Waals surface area contributed by atoms with Gasteiger partial charge in [-0.25, -0.2) is 8.78 Å². The van der Waals surface area contributed by atoms with Crippen molar-refractivity contribution >= 4 is 27.2 Å². The molecule has 3 rings (SSSR count). The van der Waals surface area contributed by atoms with E-state index in [0.717, 1.165) is 37.0 Å². The highest BCUT2D eigenvalue weighted by molar-refractivity contribution is 9.12. The van der Waals surface area contributed by atoms with E-state index >= 15 is 0 Å². The molecule has 1 fully saturated rings. The van der Waals surface area contributed by atoms with Crippen LogP contribution >= 0.6 is 15.9 Å². The fourth-order valence-corrected chi connectivity index (χ4v) is 4.17. The maximum Gasteiger partial charge on any atom is 0.187 e. The summed E-state index contributed by atoms with van der Waals surface area (Å²) in [5.74, 6) is -2.76. The molecule has 0 aromatic heterocycles. The normalized spacial score (nSPS) is 27.4. The van der Waals surface area contributed by atoms with Crippen molar-refractivity contribution in [3.63, 3.8) is 0 Å². The fourth-order valence-electron chi connectivity index (χ4n) is 3.28. The standard InChI is InChI=1S/C14H12BrF2NO2/c15-12-11(6-4-9(16)14(19)10(17)5-6)7-2-1-3-8(7)13(12)18-20/h4-5,7-8,19-20H,1-3H2/b18-13+. The summed E-state index contributed by atoms with van der Waals surface area (Å²) < 4.78 is 27.7. The van der Waals surface area contributed by atoms with Gasteiger partial charge < -0.3 is 10.3 Å². The van der Waals surface area contributed by atoms with Crippen LogP contribution in [0.25, 0.3) is 5.57 Å². The average molecular weight is 344 g/mol. The van der Waals surface area contributed by atoms with Gasteiger partial charge in [0.2, 0.25) is 0 Å². The van der Waals surface area contributed by atoms with Gasteiger partial charge in [0.1, 0.15) is 0 Å². The molecule has 1 aromatic rings. The second-order valence-electron chi connectivity index (χ2n) is 5.15. The smallest absolute Gasteiger partial charge is 0.187 e. The Kier molecular flexibility index (Phi) is 3.28. The van der Waals surface area contributed by atoms with Crippen LogP contribution in [0.4, 0.5) is 8.78 Å². The van der Waals surface area contributed by atoms with E-state index in [1.807, 2.05) is 0 Å². The number of rotatable bonds is 1. The Morgan fingerprint density at radius 1 is 1.15 bits per heavy atom. The highest BCUT2D eigenvalue weighted by Gasteiger charge is 2.43. The van der Waals surface area contributed by atoms with E-state index in [1.54, 1.807) is 0 Å². The van der Waals surface area contributed by atoms with Crippen LogP contribution in [0.1, 0.15) is 24.8 Å². The summed E-state index contributed by atoms with van der Waals surface area (Å²) in [5, 5.41) is 21.6. The largest absolute Gasteiger partial charge is 0.503 e. The number of halogens is 3. The van der Waals surface area contributed by atoms with Gasteiger partial charge in [-0.3, -0.25) is 0 Å². The maximum atomic E-state index is 13.5. The van der Waals surface area contributed by atoms with Crippen LogP contribution in [0.3, 0.4) is 0 Å². The number of fused-ring (bicyclic) bond motifs is 1. The molecule has 2 atom stereocenters. The molecule has 1 aromatic carbocycles. The quantitative estimate of drug-likeness (QED) is 0.597. The Labute approximate surface area is 122 Å². The number of hydrogen-bond acceptors (Lipinski definition) is 3. The third-order valence-electron chi connectivity index (χ3n) is 4.13. The fraction of sp³-hybridized carbons (Fsp3) is 0.357. The summed E-state index contributed by atoms with van der Waals surface area (Å²) in [6.45, 7) is 0. The molecule has 6 heteroatoms. The van der Waals surface area contributed by atoms with Crippen LogP contribution in [0.15, 0.2) is 21.8 Å². The molecule has 1 saturated carbocycles. The van der Waals surface area contributed by atoms with Gasteiger partial charge in [-0.15, -0.1) is 0 Å². The third kappa shape index (κ3) is 1.85. The molecule has 0 saturated heterocycles. The number of hydrogen-bond donors (Lipinski definition) is 2. The lowest BCUT2D eigenvalue weighted by molar-refractivity contribution is 0.315. The molecule has 0 bridgehead atoms. The van der Waals surface area contributed by atoms with Crippen LogP contribution < -0.4 is 0 Å². The van der Waals surface area contributed by atoms with E-state index in [9.17, 15) is 13.9 Å². The van der Waals surface area contributed by atoms with Gasteiger partial charge in [-0.2, -0.15) is 0 Å². The monoisotopic (exact) mass is 343 g/mol. The summed E-state index contributed by atoms with van der Waals surface area (Å²) in [5.41, 5.74) is 1.66. The molecule has 0 aliphatic heterocycles. The molecule has 2 unspecified atom stereocenters. The number of nitrogens with zero attached hydrogens (tertiary/aromatic N) is 1. The van der Waals surface area contributed by atoms with Crippen molar-refractivity contribution in [2.45, 2.75) is 19.3 Å². The molecule has 0 spiro atoms. The first kappa shape index (κ1) is 13.5. The Bertz CT molecular complexity index is 619. The molecule has 2 N–H and O–H groups in total. The van der Waals surface area contributed by atoms with E-state index in [4.69, 9.17) is 5.21 Å². The minimum atomic E-state index is -0.989. The Hall–Kier alpha value is -1.43. The molecule has 0 heterocycles. The van der Waals surface area contributed by atoms with Crippen molar-refractivity contribution < 1.29 is 19.1 Å². The van der Waals surface area contributed by atoms with Crippen molar-refractivity contribution in [2.75, 3.05) is 0 Å². The lowest BCUT2D eigenvalue weighted by atomic mass is 9.90. The summed E-state index contributed by atoms with van der Waals surface area (Å²) >= 11 is 3.37. The zero-order valence-electron chi connectivity index (χ0n) is 10.4. The van der Waals surface area contributed by atoms with Crippen LogP contribution in [-0.4, -0.2) is 16.0 Å². The van der Waals surface area contributed by atoms with Crippen molar-refractivity contribution in [1.29, 1.82) is 0 Å². The van der Waals surface area contributed by atoms with Crippen LogP contribution in [0.2, 0.25) is 0 Å². The van der Waals surface area contributed by atoms with E-state index in [0.29, 0.717) is 15.8 Å². The predicted molar refractivity (Wildman–Crippen MR) is 73.9 cm³/mol. The Balaban J connectivity index is 2.16. The van der Waals surface area contributed by atoms with Gasteiger partial charge in [0.15, 0.2) is 17.4 Å². The SMILES string of the molecule is O/N=C1/C(Br)=C(c2cc(F)c(O)c(F)c2)C2CCCC12. The molecule has 2 aliphatic carbocycles. The molecular weight excluding hydrogens is 332 g/mol. The van der Waals surface area contributed by atoms with Crippen molar-refractivity contribution in [3.8, 4) is 5.75 Å². The van der Waals surface area contributed by atoms with Crippen LogP contribution in [0, 0.1) is 23.5 Å². The summed E-state index contributed by atoms with van der Waals surface area (Å²) in [6, 6.07) is 2.23. The minimum absolute atomic E-state index is 0.0873. The number of oxime groups is 1. The molecule has 2 aliphatic rings. The molecule has 20 heavy (non-hydrogen) atoms. The second-order valence-corrected chi connectivity index (χ2v) is 5.94. The second kappa shape index (κ2) is 4.84. The summed E-state index contributed by atoms with van der Waals surface area (Å²) in [4.78, 5) is 0. The van der Waals surface area contributed by atoms with Crippen LogP contribution in [-0.2, 0) is 0 Å². The highest BCUT2D eigenvalue weighted by atomic mass is 79.9. The lowest BCUT2D eigenvalue weighted by Gasteiger charge is -2.14. The molecule has 106 valence electrons. The predicted octanol–water partition coefficient (Wildman–Crippen LogP) is 4.04. The summed E-state index contributed by atoms with van der Waals surface area (Å²) in [7, 11) is 0. The van der Waals surface area contributed by atoms with E-state index < -0.39 is 17.4 Å². The van der Waals surface area contributed by atoms with Gasteiger partial charge >= 0.3 is 0 Å². The van der Waals surface area contributed by atoms with E-state index in [2.05, 4.69) is 21.1 Å². The highest BCUT2D eigenvalue weighted by Crippen LogP contribution is 2.51. The number of phenols is 1. The topological polar surface area (TPSA) is 52.8 Å². The van der Waals surface area contributed by atoms with Gasteiger partial charge in [0.25, 0.3) is 0 Å². The molecule has 0 radical (unpaired) electrons. The first-order valence-corrected chi connectivity index (χ1v) is 7.14. The van der Waals surface area contributed by atoms with Gasteiger partial charge in [-0.05, 0) is 58.0 Å². The van der Waals surface area contributed by atoms with E-state index in [1.165, 1.54) is 0 Å². The Morgan fingerprint density at radius 2 is 1.75 bits per heavy atom. The summed E-state index contributed by atoms with van der Waals surface area (Å²) in [6.07, 6.45) is 2.77. The van der Waals surface area contributed by atoms with Crippen LogP contribution in [0.5, 0.6) is 5.75 Å². The lowest BCUT2D eigenvalue weighted by Crippen LogP contribution is -2.11. The number of benzene rings is 1. The number of allylic oxidation sites excluding steroid dienone is 2. The maximum absolute atomic E-state index is 13.5. The van der Waals surface area contributed by atoms with Crippen molar-refractivity contribution in [3.05, 3.63) is 33.8 Å². The van der Waals surface area contributed by atoms with Gasteiger partial charge in [0, 0.05) is 10.4 Å². The number of aromatic hydroxyl groups is 1. The average Bonchev–Trinajstić information content (AvgIpc) is 2.95. The number of phenolic OH excluding ortho intramolecular Hbond substituents is 1. The molecule has 3 nitrogen and oxygen atoms in total.